The Labute approximate surface area is 120 Å². The first-order valence-corrected chi connectivity index (χ1v) is 6.38. The molecule has 1 aromatic heterocycles. The zero-order valence-corrected chi connectivity index (χ0v) is 11.0. The molecule has 3 aromatic rings. The van der Waals surface area contributed by atoms with E-state index in [-0.39, 0.29) is 12.2 Å². The summed E-state index contributed by atoms with van der Waals surface area (Å²) in [6.45, 7) is 0.257. The summed E-state index contributed by atoms with van der Waals surface area (Å²) in [5, 5.41) is 11.2. The van der Waals surface area contributed by atoms with E-state index in [0.29, 0.717) is 5.69 Å². The number of rotatable bonds is 4. The molecule has 0 saturated heterocycles. The number of hydrogen-bond acceptors (Lipinski definition) is 3. The van der Waals surface area contributed by atoms with Crippen LogP contribution in [0.25, 0.3) is 5.69 Å². The van der Waals surface area contributed by atoms with Gasteiger partial charge in [-0.15, -0.1) is 0 Å². The Bertz CT molecular complexity index is 740. The van der Waals surface area contributed by atoms with Crippen molar-refractivity contribution < 1.29 is 8.78 Å². The van der Waals surface area contributed by atoms with E-state index in [0.717, 1.165) is 11.8 Å². The van der Waals surface area contributed by atoms with Crippen LogP contribution in [0, 0.1) is 11.6 Å². The first kappa shape index (κ1) is 13.2. The Balaban J connectivity index is 1.72. The van der Waals surface area contributed by atoms with Crippen LogP contribution in [-0.2, 0) is 6.54 Å². The van der Waals surface area contributed by atoms with Gasteiger partial charge >= 0.3 is 0 Å². The van der Waals surface area contributed by atoms with Crippen LogP contribution in [0.4, 0.5) is 14.5 Å². The van der Waals surface area contributed by atoms with Crippen molar-refractivity contribution >= 4 is 5.69 Å². The van der Waals surface area contributed by atoms with Crippen molar-refractivity contribution in [3.63, 3.8) is 0 Å². The number of nitrogens with zero attached hydrogens (tertiary/aromatic N) is 3. The first-order chi connectivity index (χ1) is 10.2. The number of anilines is 1. The van der Waals surface area contributed by atoms with Gasteiger partial charge in [0, 0.05) is 0 Å². The molecule has 1 N–H and O–H groups in total. The summed E-state index contributed by atoms with van der Waals surface area (Å²) in [5.74, 6) is -1.78. The molecule has 0 amide bonds. The monoisotopic (exact) mass is 286 g/mol. The molecule has 1 heterocycles. The molecule has 3 rings (SSSR count). The number of halogens is 2. The van der Waals surface area contributed by atoms with Crippen LogP contribution in [0.3, 0.4) is 0 Å². The Morgan fingerprint density at radius 3 is 2.62 bits per heavy atom. The third kappa shape index (κ3) is 2.89. The third-order valence-electron chi connectivity index (χ3n) is 2.94. The molecule has 0 atom stereocenters. The molecule has 0 bridgehead atoms. The summed E-state index contributed by atoms with van der Waals surface area (Å²) in [4.78, 5) is 1.49. The molecule has 0 radical (unpaired) electrons. The van der Waals surface area contributed by atoms with Crippen molar-refractivity contribution in [1.29, 1.82) is 0 Å². The van der Waals surface area contributed by atoms with Gasteiger partial charge in [-0.25, -0.2) is 8.78 Å². The summed E-state index contributed by atoms with van der Waals surface area (Å²) < 4.78 is 26.6. The second-order valence-corrected chi connectivity index (χ2v) is 4.42. The number of nitrogens with one attached hydrogen (secondary N) is 1. The van der Waals surface area contributed by atoms with Crippen molar-refractivity contribution in [3.8, 4) is 5.69 Å². The van der Waals surface area contributed by atoms with Crippen molar-refractivity contribution in [2.24, 2.45) is 0 Å². The molecule has 0 spiro atoms. The van der Waals surface area contributed by atoms with Gasteiger partial charge in [-0.05, 0) is 24.3 Å². The fourth-order valence-corrected chi connectivity index (χ4v) is 1.89. The van der Waals surface area contributed by atoms with E-state index in [2.05, 4.69) is 15.5 Å². The minimum absolute atomic E-state index is 0.101. The summed E-state index contributed by atoms with van der Waals surface area (Å²) in [5.41, 5.74) is 1.56. The van der Waals surface area contributed by atoms with Crippen LogP contribution in [-0.4, -0.2) is 15.0 Å². The Morgan fingerprint density at radius 1 is 1.00 bits per heavy atom. The predicted molar refractivity (Wildman–Crippen MR) is 75.0 cm³/mol. The van der Waals surface area contributed by atoms with E-state index < -0.39 is 11.6 Å². The molecule has 21 heavy (non-hydrogen) atoms. The third-order valence-corrected chi connectivity index (χ3v) is 2.94. The molecule has 0 saturated carbocycles. The molecule has 4 nitrogen and oxygen atoms in total. The topological polar surface area (TPSA) is 42.7 Å². The van der Waals surface area contributed by atoms with Crippen LogP contribution in [0.1, 0.15) is 5.69 Å². The Hall–Kier alpha value is -2.76. The van der Waals surface area contributed by atoms with Crippen LogP contribution in [0.2, 0.25) is 0 Å². The molecule has 0 aliphatic heterocycles. The predicted octanol–water partition coefficient (Wildman–Crippen LogP) is 3.16. The maximum atomic E-state index is 13.5. The van der Waals surface area contributed by atoms with Gasteiger partial charge in [0.15, 0.2) is 11.6 Å². The maximum Gasteiger partial charge on any atom is 0.181 e. The molecule has 0 fully saturated rings. The Kier molecular flexibility index (Phi) is 3.59. The second kappa shape index (κ2) is 5.70. The molecule has 0 aliphatic rings. The summed E-state index contributed by atoms with van der Waals surface area (Å²) in [6, 6.07) is 13.4. The number of para-hydroxylation sites is 1. The average molecular weight is 286 g/mol. The molecule has 6 heteroatoms. The quantitative estimate of drug-likeness (QED) is 0.801. The van der Waals surface area contributed by atoms with Crippen LogP contribution in [0.5, 0.6) is 0 Å². The zero-order chi connectivity index (χ0) is 14.7. The highest BCUT2D eigenvalue weighted by Gasteiger charge is 2.08. The van der Waals surface area contributed by atoms with Gasteiger partial charge in [-0.3, -0.25) is 0 Å². The fourth-order valence-electron chi connectivity index (χ4n) is 1.89. The van der Waals surface area contributed by atoms with E-state index in [1.165, 1.54) is 16.9 Å². The van der Waals surface area contributed by atoms with Crippen LogP contribution >= 0.6 is 0 Å². The van der Waals surface area contributed by atoms with Gasteiger partial charge in [-0.2, -0.15) is 15.0 Å². The van der Waals surface area contributed by atoms with Gasteiger partial charge in [0.1, 0.15) is 5.69 Å². The number of hydrogen-bond donors (Lipinski definition) is 1. The highest BCUT2D eigenvalue weighted by Crippen LogP contribution is 2.17. The Morgan fingerprint density at radius 2 is 1.81 bits per heavy atom. The average Bonchev–Trinajstić information content (AvgIpc) is 2.99. The second-order valence-electron chi connectivity index (χ2n) is 4.42. The largest absolute Gasteiger partial charge is 0.377 e. The SMILES string of the molecule is Fc1cccc(NCc2cnn(-c3ccccc3)n2)c1F. The van der Waals surface area contributed by atoms with Gasteiger partial charge in [0.2, 0.25) is 0 Å². The summed E-state index contributed by atoms with van der Waals surface area (Å²) >= 11 is 0. The lowest BCUT2D eigenvalue weighted by Gasteiger charge is -2.05. The van der Waals surface area contributed by atoms with E-state index in [9.17, 15) is 8.78 Å². The van der Waals surface area contributed by atoms with E-state index in [1.54, 1.807) is 6.20 Å². The lowest BCUT2D eigenvalue weighted by molar-refractivity contribution is 0.511. The summed E-state index contributed by atoms with van der Waals surface area (Å²) in [6.07, 6.45) is 1.58. The smallest absolute Gasteiger partial charge is 0.181 e. The van der Waals surface area contributed by atoms with Gasteiger partial charge in [0.05, 0.1) is 24.1 Å². The fraction of sp³-hybridized carbons (Fsp3) is 0.0667. The van der Waals surface area contributed by atoms with E-state index >= 15 is 0 Å². The van der Waals surface area contributed by atoms with Crippen molar-refractivity contribution in [3.05, 3.63) is 72.1 Å². The summed E-state index contributed by atoms with van der Waals surface area (Å²) in [7, 11) is 0. The minimum atomic E-state index is -0.895. The van der Waals surface area contributed by atoms with Crippen molar-refractivity contribution in [1.82, 2.24) is 15.0 Å². The van der Waals surface area contributed by atoms with Crippen LogP contribution < -0.4 is 5.32 Å². The van der Waals surface area contributed by atoms with E-state index in [1.807, 2.05) is 30.3 Å². The first-order valence-electron chi connectivity index (χ1n) is 6.38. The molecular formula is C15H12F2N4. The highest BCUT2D eigenvalue weighted by molar-refractivity contribution is 5.45. The molecular weight excluding hydrogens is 274 g/mol. The van der Waals surface area contributed by atoms with Crippen molar-refractivity contribution in [2.45, 2.75) is 6.54 Å². The van der Waals surface area contributed by atoms with Gasteiger partial charge < -0.3 is 5.32 Å². The molecule has 0 unspecified atom stereocenters. The lowest BCUT2D eigenvalue weighted by Crippen LogP contribution is -2.04. The minimum Gasteiger partial charge on any atom is -0.377 e. The molecule has 0 aliphatic carbocycles. The highest BCUT2D eigenvalue weighted by atomic mass is 19.2. The lowest BCUT2D eigenvalue weighted by atomic mass is 10.3. The molecule has 106 valence electrons. The van der Waals surface area contributed by atoms with Gasteiger partial charge in [0.25, 0.3) is 0 Å². The number of aromatic nitrogens is 3. The normalized spacial score (nSPS) is 10.6. The zero-order valence-electron chi connectivity index (χ0n) is 11.0. The van der Waals surface area contributed by atoms with Crippen LogP contribution in [0.15, 0.2) is 54.7 Å². The molecule has 2 aromatic carbocycles. The maximum absolute atomic E-state index is 13.5. The van der Waals surface area contributed by atoms with E-state index in [4.69, 9.17) is 0 Å². The number of benzene rings is 2. The van der Waals surface area contributed by atoms with Crippen molar-refractivity contribution in [2.75, 3.05) is 5.32 Å². The van der Waals surface area contributed by atoms with Gasteiger partial charge in [-0.1, -0.05) is 24.3 Å². The standard InChI is InChI=1S/C15H12F2N4/c16-13-7-4-8-14(15(13)17)18-9-11-10-19-21(20-11)12-5-2-1-3-6-12/h1-8,10,18H,9H2.